The maximum Gasteiger partial charge on any atom is 0.0239 e. The van der Waals surface area contributed by atoms with Crippen LogP contribution in [-0.2, 0) is 6.54 Å². The van der Waals surface area contributed by atoms with Crippen molar-refractivity contribution >= 4 is 0 Å². The van der Waals surface area contributed by atoms with Crippen molar-refractivity contribution in [3.05, 3.63) is 34.9 Å². The number of aryl methyl sites for hydroxylation is 2. The first-order chi connectivity index (χ1) is 9.15. The number of hydrogen-bond acceptors (Lipinski definition) is 2. The Hall–Kier alpha value is -0.860. The minimum Gasteiger partial charge on any atom is -0.330 e. The SMILES string of the molecule is CCN(Cc1ccc(C)cc1C)C1CCCC1CN. The second kappa shape index (κ2) is 6.53. The fraction of sp³-hybridized carbons (Fsp3) is 0.647. The molecule has 0 spiro atoms. The van der Waals surface area contributed by atoms with Crippen molar-refractivity contribution in [1.29, 1.82) is 0 Å². The van der Waals surface area contributed by atoms with Gasteiger partial charge in [-0.15, -0.1) is 0 Å². The van der Waals surface area contributed by atoms with Gasteiger partial charge in [0.05, 0.1) is 0 Å². The van der Waals surface area contributed by atoms with Crippen LogP contribution >= 0.6 is 0 Å². The number of nitrogens with zero attached hydrogens (tertiary/aromatic N) is 1. The van der Waals surface area contributed by atoms with Crippen LogP contribution in [-0.4, -0.2) is 24.0 Å². The predicted octanol–water partition coefficient (Wildman–Crippen LogP) is 3.25. The third-order valence-electron chi connectivity index (χ3n) is 4.67. The highest BCUT2D eigenvalue weighted by molar-refractivity contribution is 5.30. The van der Waals surface area contributed by atoms with E-state index in [4.69, 9.17) is 5.73 Å². The summed E-state index contributed by atoms with van der Waals surface area (Å²) >= 11 is 0. The summed E-state index contributed by atoms with van der Waals surface area (Å²) < 4.78 is 0. The number of rotatable bonds is 5. The highest BCUT2D eigenvalue weighted by atomic mass is 15.2. The highest BCUT2D eigenvalue weighted by Gasteiger charge is 2.30. The van der Waals surface area contributed by atoms with Crippen LogP contribution in [0, 0.1) is 19.8 Å². The molecule has 2 rings (SSSR count). The van der Waals surface area contributed by atoms with Gasteiger partial charge in [-0.1, -0.05) is 37.1 Å². The average molecular weight is 260 g/mol. The molecular formula is C17H28N2. The summed E-state index contributed by atoms with van der Waals surface area (Å²) in [6.45, 7) is 9.70. The van der Waals surface area contributed by atoms with Crippen LogP contribution in [0.15, 0.2) is 18.2 Å². The van der Waals surface area contributed by atoms with E-state index in [-0.39, 0.29) is 0 Å². The summed E-state index contributed by atoms with van der Waals surface area (Å²) in [6, 6.07) is 7.50. The molecular weight excluding hydrogens is 232 g/mol. The molecule has 1 fully saturated rings. The zero-order valence-corrected chi connectivity index (χ0v) is 12.7. The van der Waals surface area contributed by atoms with Crippen molar-refractivity contribution in [2.45, 2.75) is 52.6 Å². The Morgan fingerprint density at radius 2 is 2.05 bits per heavy atom. The van der Waals surface area contributed by atoms with E-state index in [0.717, 1.165) is 19.6 Å². The third-order valence-corrected chi connectivity index (χ3v) is 4.67. The Morgan fingerprint density at radius 1 is 1.26 bits per heavy atom. The van der Waals surface area contributed by atoms with Crippen LogP contribution in [0.4, 0.5) is 0 Å². The van der Waals surface area contributed by atoms with Crippen LogP contribution in [0.1, 0.15) is 42.9 Å². The Kier molecular flexibility index (Phi) is 5.00. The van der Waals surface area contributed by atoms with Crippen LogP contribution in [0.2, 0.25) is 0 Å². The van der Waals surface area contributed by atoms with Gasteiger partial charge in [-0.2, -0.15) is 0 Å². The smallest absolute Gasteiger partial charge is 0.0239 e. The van der Waals surface area contributed by atoms with Crippen LogP contribution in [0.5, 0.6) is 0 Å². The standard InChI is InChI=1S/C17H28N2/c1-4-19(17-7-5-6-15(17)11-18)12-16-9-8-13(2)10-14(16)3/h8-10,15,17H,4-7,11-12,18H2,1-3H3. The molecule has 2 N–H and O–H groups in total. The molecule has 0 aliphatic heterocycles. The largest absolute Gasteiger partial charge is 0.330 e. The van der Waals surface area contributed by atoms with E-state index < -0.39 is 0 Å². The van der Waals surface area contributed by atoms with E-state index in [1.807, 2.05) is 0 Å². The quantitative estimate of drug-likeness (QED) is 0.880. The van der Waals surface area contributed by atoms with Gasteiger partial charge in [0.1, 0.15) is 0 Å². The number of hydrogen-bond donors (Lipinski definition) is 1. The Labute approximate surface area is 118 Å². The van der Waals surface area contributed by atoms with Crippen molar-refractivity contribution in [3.63, 3.8) is 0 Å². The normalized spacial score (nSPS) is 23.2. The zero-order chi connectivity index (χ0) is 13.8. The predicted molar refractivity (Wildman–Crippen MR) is 82.2 cm³/mol. The average Bonchev–Trinajstić information content (AvgIpc) is 2.86. The fourth-order valence-corrected chi connectivity index (χ4v) is 3.48. The number of benzene rings is 1. The molecule has 19 heavy (non-hydrogen) atoms. The van der Waals surface area contributed by atoms with Gasteiger partial charge in [0.2, 0.25) is 0 Å². The Balaban J connectivity index is 2.10. The molecule has 0 heterocycles. The molecule has 1 aliphatic carbocycles. The lowest BCUT2D eigenvalue weighted by Gasteiger charge is -2.32. The molecule has 1 aromatic carbocycles. The lowest BCUT2D eigenvalue weighted by Crippen LogP contribution is -2.39. The van der Waals surface area contributed by atoms with Gasteiger partial charge in [-0.05, 0) is 56.8 Å². The molecule has 1 aliphatic rings. The maximum atomic E-state index is 5.93. The van der Waals surface area contributed by atoms with Crippen LogP contribution in [0.25, 0.3) is 0 Å². The summed E-state index contributed by atoms with van der Waals surface area (Å²) in [5.41, 5.74) is 10.2. The lowest BCUT2D eigenvalue weighted by molar-refractivity contribution is 0.162. The van der Waals surface area contributed by atoms with Crippen molar-refractivity contribution in [2.75, 3.05) is 13.1 Å². The molecule has 2 nitrogen and oxygen atoms in total. The first-order valence-corrected chi connectivity index (χ1v) is 7.66. The molecule has 0 radical (unpaired) electrons. The van der Waals surface area contributed by atoms with Crippen molar-refractivity contribution in [1.82, 2.24) is 4.90 Å². The van der Waals surface area contributed by atoms with E-state index in [2.05, 4.69) is 43.9 Å². The molecule has 2 atom stereocenters. The minimum atomic E-state index is 0.690. The summed E-state index contributed by atoms with van der Waals surface area (Å²) in [5.74, 6) is 0.700. The topological polar surface area (TPSA) is 29.3 Å². The van der Waals surface area contributed by atoms with Gasteiger partial charge in [-0.25, -0.2) is 0 Å². The van der Waals surface area contributed by atoms with Crippen molar-refractivity contribution < 1.29 is 0 Å². The van der Waals surface area contributed by atoms with Gasteiger partial charge in [-0.3, -0.25) is 4.90 Å². The fourth-order valence-electron chi connectivity index (χ4n) is 3.48. The first-order valence-electron chi connectivity index (χ1n) is 7.66. The second-order valence-corrected chi connectivity index (χ2v) is 5.99. The summed E-state index contributed by atoms with van der Waals surface area (Å²) in [7, 11) is 0. The molecule has 2 heteroatoms. The van der Waals surface area contributed by atoms with Crippen LogP contribution < -0.4 is 5.73 Å². The molecule has 0 saturated heterocycles. The van der Waals surface area contributed by atoms with Gasteiger partial charge >= 0.3 is 0 Å². The first kappa shape index (κ1) is 14.5. The van der Waals surface area contributed by atoms with Gasteiger partial charge < -0.3 is 5.73 Å². The van der Waals surface area contributed by atoms with E-state index in [1.165, 1.54) is 36.0 Å². The summed E-state index contributed by atoms with van der Waals surface area (Å²) in [4.78, 5) is 2.63. The van der Waals surface area contributed by atoms with E-state index >= 15 is 0 Å². The molecule has 0 bridgehead atoms. The van der Waals surface area contributed by atoms with Gasteiger partial charge in [0.15, 0.2) is 0 Å². The maximum absolute atomic E-state index is 5.93. The zero-order valence-electron chi connectivity index (χ0n) is 12.7. The highest BCUT2D eigenvalue weighted by Crippen LogP contribution is 2.30. The number of nitrogens with two attached hydrogens (primary N) is 1. The molecule has 1 saturated carbocycles. The molecule has 106 valence electrons. The Bertz CT molecular complexity index is 414. The van der Waals surface area contributed by atoms with Crippen LogP contribution in [0.3, 0.4) is 0 Å². The summed E-state index contributed by atoms with van der Waals surface area (Å²) in [5, 5.41) is 0. The lowest BCUT2D eigenvalue weighted by atomic mass is 10.00. The molecule has 2 unspecified atom stereocenters. The van der Waals surface area contributed by atoms with E-state index in [9.17, 15) is 0 Å². The Morgan fingerprint density at radius 3 is 2.68 bits per heavy atom. The summed E-state index contributed by atoms with van der Waals surface area (Å²) in [6.07, 6.45) is 3.97. The second-order valence-electron chi connectivity index (χ2n) is 5.99. The van der Waals surface area contributed by atoms with E-state index in [0.29, 0.717) is 12.0 Å². The van der Waals surface area contributed by atoms with Gasteiger partial charge in [0, 0.05) is 12.6 Å². The monoisotopic (exact) mass is 260 g/mol. The van der Waals surface area contributed by atoms with Crippen molar-refractivity contribution in [3.8, 4) is 0 Å². The molecule has 0 aromatic heterocycles. The third kappa shape index (κ3) is 3.37. The molecule has 0 amide bonds. The van der Waals surface area contributed by atoms with Gasteiger partial charge in [0.25, 0.3) is 0 Å². The van der Waals surface area contributed by atoms with Crippen molar-refractivity contribution in [2.24, 2.45) is 11.7 Å². The van der Waals surface area contributed by atoms with E-state index in [1.54, 1.807) is 0 Å². The minimum absolute atomic E-state index is 0.690. The molecule has 1 aromatic rings.